The van der Waals surface area contributed by atoms with Crippen LogP contribution in [-0.4, -0.2) is 94.4 Å². The van der Waals surface area contributed by atoms with Gasteiger partial charge in [-0.3, -0.25) is 14.5 Å². The molecule has 0 radical (unpaired) electrons. The van der Waals surface area contributed by atoms with Gasteiger partial charge in [0.2, 0.25) is 5.91 Å². The van der Waals surface area contributed by atoms with Crippen LogP contribution in [0.4, 0.5) is 18.9 Å². The van der Waals surface area contributed by atoms with E-state index in [1.807, 2.05) is 21.9 Å². The SMILES string of the molecule is COC[C@@H]1C[C@@H](c2ccc(C(F)(F)F)cc2N2CCC(C(=O)OC)CC2)CN1C(=O)C1(C)CN([C@H]2CC[C@H](C)CC2)CC1c1ccc(OC)cc1. The first-order chi connectivity index (χ1) is 24.4. The van der Waals surface area contributed by atoms with Gasteiger partial charge in [-0.1, -0.05) is 25.1 Å². The second-order valence-electron chi connectivity index (χ2n) is 15.6. The molecule has 2 aromatic rings. The van der Waals surface area contributed by atoms with Gasteiger partial charge in [-0.15, -0.1) is 0 Å². The first-order valence-electron chi connectivity index (χ1n) is 18.6. The summed E-state index contributed by atoms with van der Waals surface area (Å²) in [6.45, 7) is 7.52. The van der Waals surface area contributed by atoms with Crippen molar-refractivity contribution in [2.24, 2.45) is 17.3 Å². The van der Waals surface area contributed by atoms with E-state index in [0.29, 0.717) is 63.8 Å². The van der Waals surface area contributed by atoms with Gasteiger partial charge >= 0.3 is 12.1 Å². The fraction of sp³-hybridized carbons (Fsp3) is 0.650. The van der Waals surface area contributed by atoms with Crippen molar-refractivity contribution in [3.63, 3.8) is 0 Å². The third-order valence-electron chi connectivity index (χ3n) is 12.4. The lowest BCUT2D eigenvalue weighted by Crippen LogP contribution is -2.49. The molecular formula is C40H54F3N3O5. The highest BCUT2D eigenvalue weighted by atomic mass is 19.4. The summed E-state index contributed by atoms with van der Waals surface area (Å²) in [6.07, 6.45) is 1.75. The zero-order valence-electron chi connectivity index (χ0n) is 30.7. The maximum absolute atomic E-state index is 15.1. The number of ether oxygens (including phenoxy) is 3. The lowest BCUT2D eigenvalue weighted by atomic mass is 9.74. The average molecular weight is 714 g/mol. The predicted octanol–water partition coefficient (Wildman–Crippen LogP) is 7.12. The molecule has 8 nitrogen and oxygen atoms in total. The van der Waals surface area contributed by atoms with Crippen LogP contribution < -0.4 is 9.64 Å². The van der Waals surface area contributed by atoms with Crippen LogP contribution >= 0.6 is 0 Å². The number of carbonyl (C=O) groups excluding carboxylic acids is 2. The lowest BCUT2D eigenvalue weighted by molar-refractivity contribution is -0.146. The molecular weight excluding hydrogens is 659 g/mol. The maximum Gasteiger partial charge on any atom is 0.416 e. The van der Waals surface area contributed by atoms with Gasteiger partial charge in [-0.25, -0.2) is 0 Å². The molecule has 0 N–H and O–H groups in total. The van der Waals surface area contributed by atoms with E-state index >= 15 is 4.79 Å². The summed E-state index contributed by atoms with van der Waals surface area (Å²) < 4.78 is 58.2. The zero-order valence-corrected chi connectivity index (χ0v) is 30.7. The Morgan fingerprint density at radius 1 is 0.922 bits per heavy atom. The summed E-state index contributed by atoms with van der Waals surface area (Å²) in [7, 11) is 4.65. The summed E-state index contributed by atoms with van der Waals surface area (Å²) in [5.74, 6) is 0.809. The fourth-order valence-electron chi connectivity index (χ4n) is 9.38. The molecule has 3 heterocycles. The Morgan fingerprint density at radius 3 is 2.22 bits per heavy atom. The van der Waals surface area contributed by atoms with Crippen molar-refractivity contribution < 1.29 is 37.0 Å². The number of hydrogen-bond acceptors (Lipinski definition) is 7. The second-order valence-corrected chi connectivity index (χ2v) is 15.6. The molecule has 51 heavy (non-hydrogen) atoms. The molecule has 3 saturated heterocycles. The van der Waals surface area contributed by atoms with E-state index in [4.69, 9.17) is 14.2 Å². The van der Waals surface area contributed by atoms with Gasteiger partial charge in [0, 0.05) is 63.4 Å². The average Bonchev–Trinajstić information content (AvgIpc) is 3.72. The molecule has 4 fully saturated rings. The van der Waals surface area contributed by atoms with Gasteiger partial charge in [0.25, 0.3) is 0 Å². The molecule has 6 rings (SSSR count). The molecule has 1 saturated carbocycles. The number of anilines is 1. The van der Waals surface area contributed by atoms with Crippen molar-refractivity contribution in [2.45, 2.75) is 88.9 Å². The quantitative estimate of drug-likeness (QED) is 0.257. The van der Waals surface area contributed by atoms with Crippen molar-refractivity contribution in [3.05, 3.63) is 59.2 Å². The highest BCUT2D eigenvalue weighted by Crippen LogP contribution is 2.49. The number of benzene rings is 2. The third kappa shape index (κ3) is 7.75. The van der Waals surface area contributed by atoms with E-state index in [1.54, 1.807) is 20.3 Å². The van der Waals surface area contributed by atoms with Crippen LogP contribution in [0.1, 0.15) is 87.3 Å². The number of amides is 1. The number of alkyl halides is 3. The first-order valence-corrected chi connectivity index (χ1v) is 18.6. The van der Waals surface area contributed by atoms with Crippen LogP contribution in [0.5, 0.6) is 5.75 Å². The number of carbonyl (C=O) groups is 2. The number of methoxy groups -OCH3 is 3. The number of likely N-dealkylation sites (tertiary alicyclic amines) is 2. The molecule has 0 bridgehead atoms. The normalized spacial score (nSPS) is 29.4. The molecule has 2 unspecified atom stereocenters. The monoisotopic (exact) mass is 713 g/mol. The van der Waals surface area contributed by atoms with Crippen LogP contribution in [0, 0.1) is 17.3 Å². The summed E-state index contributed by atoms with van der Waals surface area (Å²) >= 11 is 0. The summed E-state index contributed by atoms with van der Waals surface area (Å²) in [5.41, 5.74) is 1.03. The second kappa shape index (κ2) is 15.3. The molecule has 1 aliphatic carbocycles. The first kappa shape index (κ1) is 37.4. The van der Waals surface area contributed by atoms with E-state index in [9.17, 15) is 18.0 Å². The highest BCUT2D eigenvalue weighted by molar-refractivity contribution is 5.85. The summed E-state index contributed by atoms with van der Waals surface area (Å²) in [5, 5.41) is 0. The van der Waals surface area contributed by atoms with E-state index in [-0.39, 0.29) is 35.7 Å². The summed E-state index contributed by atoms with van der Waals surface area (Å²) in [4.78, 5) is 33.9. The Morgan fingerprint density at radius 2 is 1.61 bits per heavy atom. The molecule has 1 amide bonds. The molecule has 11 heteroatoms. The molecule has 2 aromatic carbocycles. The smallest absolute Gasteiger partial charge is 0.416 e. The van der Waals surface area contributed by atoms with Crippen LogP contribution in [0.3, 0.4) is 0 Å². The van der Waals surface area contributed by atoms with E-state index in [0.717, 1.165) is 48.2 Å². The van der Waals surface area contributed by atoms with Crippen molar-refractivity contribution in [1.82, 2.24) is 9.80 Å². The van der Waals surface area contributed by atoms with Gasteiger partial charge in [0.15, 0.2) is 0 Å². The minimum Gasteiger partial charge on any atom is -0.497 e. The zero-order chi connectivity index (χ0) is 36.5. The minimum atomic E-state index is -4.50. The van der Waals surface area contributed by atoms with Gasteiger partial charge in [-0.2, -0.15) is 13.2 Å². The Balaban J connectivity index is 1.30. The molecule has 4 aliphatic rings. The standard InChI is InChI=1S/C40H54F3N3O5/c1-26-6-11-31(12-7-26)45-23-35(27-8-13-33(50-4)14-9-27)39(2,25-45)38(48)46-22-29(20-32(46)24-49-3)34-15-10-30(40(41,42)43)21-36(34)44-18-16-28(17-19-44)37(47)51-5/h8-10,13-15,21,26,28-29,31-32,35H,6-7,11-12,16-20,22-25H2,1-5H3/t26-,29-,31-,32+,35?,39?/m1/s1. The number of hydrogen-bond donors (Lipinski definition) is 0. The predicted molar refractivity (Wildman–Crippen MR) is 190 cm³/mol. The largest absolute Gasteiger partial charge is 0.497 e. The number of nitrogens with zero attached hydrogens (tertiary/aromatic N) is 3. The highest BCUT2D eigenvalue weighted by Gasteiger charge is 2.54. The Bertz CT molecular complexity index is 1520. The van der Waals surface area contributed by atoms with E-state index in [2.05, 4.69) is 30.9 Å². The van der Waals surface area contributed by atoms with Crippen molar-refractivity contribution in [3.8, 4) is 5.75 Å². The Hall–Kier alpha value is -3.31. The van der Waals surface area contributed by atoms with E-state index < -0.39 is 17.2 Å². The van der Waals surface area contributed by atoms with Crippen molar-refractivity contribution >= 4 is 17.6 Å². The Labute approximate surface area is 300 Å². The fourth-order valence-corrected chi connectivity index (χ4v) is 9.38. The molecule has 0 aromatic heterocycles. The molecule has 280 valence electrons. The lowest BCUT2D eigenvalue weighted by Gasteiger charge is -2.37. The molecule has 4 atom stereocenters. The van der Waals surface area contributed by atoms with E-state index in [1.165, 1.54) is 26.0 Å². The van der Waals surface area contributed by atoms with Crippen LogP contribution in [-0.2, 0) is 25.2 Å². The minimum absolute atomic E-state index is 0.0322. The molecule has 3 aliphatic heterocycles. The molecule has 0 spiro atoms. The third-order valence-corrected chi connectivity index (χ3v) is 12.4. The van der Waals surface area contributed by atoms with Crippen molar-refractivity contribution in [2.75, 3.05) is 65.6 Å². The van der Waals surface area contributed by atoms with Crippen LogP contribution in [0.2, 0.25) is 0 Å². The van der Waals surface area contributed by atoms with Crippen molar-refractivity contribution in [1.29, 1.82) is 0 Å². The number of rotatable bonds is 9. The number of piperidine rings is 1. The Kier molecular flexibility index (Phi) is 11.3. The van der Waals surface area contributed by atoms with Gasteiger partial charge in [-0.05, 0) is 93.2 Å². The number of halogens is 3. The topological polar surface area (TPSA) is 71.5 Å². The maximum atomic E-state index is 15.1. The van der Waals surface area contributed by atoms with Crippen LogP contribution in [0.25, 0.3) is 0 Å². The van der Waals surface area contributed by atoms with Gasteiger partial charge in [0.1, 0.15) is 5.75 Å². The summed E-state index contributed by atoms with van der Waals surface area (Å²) in [6, 6.07) is 12.3. The van der Waals surface area contributed by atoms with Gasteiger partial charge in [0.05, 0.1) is 43.8 Å². The number of esters is 1. The van der Waals surface area contributed by atoms with Gasteiger partial charge < -0.3 is 24.0 Å². The van der Waals surface area contributed by atoms with Crippen LogP contribution in [0.15, 0.2) is 42.5 Å².